The van der Waals surface area contributed by atoms with Gasteiger partial charge < -0.3 is 0 Å². The Bertz CT molecular complexity index is 2550. The molecule has 0 aliphatic heterocycles. The van der Waals surface area contributed by atoms with E-state index < -0.39 is 31.4 Å². The maximum absolute atomic E-state index is 14.3. The first-order valence-corrected chi connectivity index (χ1v) is 16.1. The van der Waals surface area contributed by atoms with Crippen molar-refractivity contribution in [2.75, 3.05) is 0 Å². The van der Waals surface area contributed by atoms with E-state index >= 15 is 0 Å². The van der Waals surface area contributed by atoms with Crippen LogP contribution in [0.15, 0.2) is 116 Å². The average Bonchev–Trinajstić information content (AvgIpc) is 3.05. The average molecular weight is 649 g/mol. The molecule has 8 aromatic carbocycles. The van der Waals surface area contributed by atoms with Gasteiger partial charge in [0.2, 0.25) is 0 Å². The standard InChI is InChI=1S/C40H23F6P/c1-3-23-11-15-31-33(17-13-26-8-7-22(2)35(23)37(26)31)47(30-20-28(39(41,42)43)19-29(21-30)40(44,45)46)34-18-14-27-10-9-24-5-4-6-25-12-16-32(34)38(27)36(24)25/h3-21H,1-2H2. The summed E-state index contributed by atoms with van der Waals surface area (Å²) in [4.78, 5) is 0. The van der Waals surface area contributed by atoms with Crippen molar-refractivity contribution >= 4 is 90.4 Å². The topological polar surface area (TPSA) is 0 Å². The zero-order valence-corrected chi connectivity index (χ0v) is 25.5. The van der Waals surface area contributed by atoms with Gasteiger partial charge in [-0.15, -0.1) is 0 Å². The molecule has 0 bridgehead atoms. The first kappa shape index (κ1) is 29.5. The van der Waals surface area contributed by atoms with Gasteiger partial charge in [-0.05, 0) is 107 Å². The predicted molar refractivity (Wildman–Crippen MR) is 185 cm³/mol. The monoisotopic (exact) mass is 648 g/mol. The Morgan fingerprint density at radius 1 is 0.511 bits per heavy atom. The van der Waals surface area contributed by atoms with E-state index in [2.05, 4.69) is 13.2 Å². The Balaban J connectivity index is 1.54. The molecule has 7 heteroatoms. The van der Waals surface area contributed by atoms with Crippen LogP contribution in [0.2, 0.25) is 0 Å². The molecule has 0 aliphatic carbocycles. The van der Waals surface area contributed by atoms with E-state index in [1.165, 1.54) is 0 Å². The van der Waals surface area contributed by atoms with Crippen molar-refractivity contribution in [2.24, 2.45) is 0 Å². The summed E-state index contributed by atoms with van der Waals surface area (Å²) in [5.41, 5.74) is -1.82. The molecule has 0 saturated heterocycles. The van der Waals surface area contributed by atoms with Crippen LogP contribution in [0.4, 0.5) is 26.3 Å². The first-order chi connectivity index (χ1) is 22.4. The summed E-state index contributed by atoms with van der Waals surface area (Å²) in [5.74, 6) is 0. The van der Waals surface area contributed by atoms with E-state index in [4.69, 9.17) is 0 Å². The number of benzene rings is 8. The molecule has 1 atom stereocenters. The molecule has 1 unspecified atom stereocenters. The van der Waals surface area contributed by atoms with Crippen molar-refractivity contribution < 1.29 is 26.3 Å². The molecule has 0 radical (unpaired) electrons. The molecule has 0 fully saturated rings. The fourth-order valence-electron chi connectivity index (χ4n) is 6.99. The number of halogens is 6. The molecule has 0 saturated carbocycles. The van der Waals surface area contributed by atoms with Gasteiger partial charge in [-0.3, -0.25) is 0 Å². The highest BCUT2D eigenvalue weighted by Crippen LogP contribution is 2.45. The Kier molecular flexibility index (Phi) is 6.45. The van der Waals surface area contributed by atoms with Crippen LogP contribution in [0.1, 0.15) is 16.7 Å². The molecule has 0 aromatic heterocycles. The Hall–Kier alpha value is -4.93. The third kappa shape index (κ3) is 4.57. The van der Waals surface area contributed by atoms with Crippen molar-refractivity contribution in [3.05, 3.63) is 138 Å². The quantitative estimate of drug-likeness (QED) is 0.101. The molecule has 0 nitrogen and oxygen atoms in total. The summed E-state index contributed by atoms with van der Waals surface area (Å²) >= 11 is 0. The van der Waals surface area contributed by atoms with Gasteiger partial charge >= 0.3 is 12.4 Å². The molecule has 230 valence electrons. The van der Waals surface area contributed by atoms with E-state index in [0.29, 0.717) is 10.6 Å². The molecule has 8 rings (SSSR count). The summed E-state index contributed by atoms with van der Waals surface area (Å²) in [6, 6.07) is 31.0. The zero-order valence-electron chi connectivity index (χ0n) is 24.6. The molecule has 8 aromatic rings. The summed E-state index contributed by atoms with van der Waals surface area (Å²) in [5, 5.41) is 11.1. The fraction of sp³-hybridized carbons (Fsp3) is 0.0500. The van der Waals surface area contributed by atoms with Gasteiger partial charge in [-0.25, -0.2) is 0 Å². The van der Waals surface area contributed by atoms with Gasteiger partial charge in [0.15, 0.2) is 0 Å². The number of rotatable bonds is 4. The molecular weight excluding hydrogens is 625 g/mol. The maximum atomic E-state index is 14.3. The lowest BCUT2D eigenvalue weighted by Gasteiger charge is -2.26. The summed E-state index contributed by atoms with van der Waals surface area (Å²) < 4.78 is 85.7. The second-order valence-corrected chi connectivity index (χ2v) is 13.9. The Labute approximate surface area is 266 Å². The smallest absolute Gasteiger partial charge is 0.166 e. The van der Waals surface area contributed by atoms with Crippen molar-refractivity contribution in [1.29, 1.82) is 0 Å². The lowest BCUT2D eigenvalue weighted by Crippen LogP contribution is -2.25. The molecule has 47 heavy (non-hydrogen) atoms. The van der Waals surface area contributed by atoms with Crippen LogP contribution in [0.5, 0.6) is 0 Å². The van der Waals surface area contributed by atoms with Gasteiger partial charge in [0.25, 0.3) is 0 Å². The zero-order chi connectivity index (χ0) is 32.8. The Morgan fingerprint density at radius 3 is 1.53 bits per heavy atom. The highest BCUT2D eigenvalue weighted by molar-refractivity contribution is 7.80. The van der Waals surface area contributed by atoms with Gasteiger partial charge in [0.05, 0.1) is 11.1 Å². The molecule has 0 amide bonds. The van der Waals surface area contributed by atoms with E-state index in [9.17, 15) is 26.3 Å². The second kappa shape index (κ2) is 10.3. The highest BCUT2D eigenvalue weighted by Gasteiger charge is 2.38. The Morgan fingerprint density at radius 2 is 0.979 bits per heavy atom. The molecular formula is C40H23F6P. The lowest BCUT2D eigenvalue weighted by molar-refractivity contribution is -0.142. The minimum absolute atomic E-state index is 0.0352. The van der Waals surface area contributed by atoms with Crippen LogP contribution >= 0.6 is 7.92 Å². The van der Waals surface area contributed by atoms with Crippen LogP contribution < -0.4 is 21.1 Å². The predicted octanol–water partition coefficient (Wildman–Crippen LogP) is 10.5. The van der Waals surface area contributed by atoms with E-state index in [1.807, 2.05) is 91.0 Å². The van der Waals surface area contributed by atoms with Crippen LogP contribution in [-0.2, 0) is 12.4 Å². The van der Waals surface area contributed by atoms with Gasteiger partial charge in [-0.2, -0.15) is 26.3 Å². The fourth-order valence-corrected chi connectivity index (χ4v) is 9.64. The summed E-state index contributed by atoms with van der Waals surface area (Å²) in [6.07, 6.45) is -8.25. The number of alkyl halides is 6. The summed E-state index contributed by atoms with van der Waals surface area (Å²) in [6.45, 7) is 8.18. The highest BCUT2D eigenvalue weighted by atomic mass is 31.1. The minimum atomic E-state index is -4.99. The number of hydrogen-bond acceptors (Lipinski definition) is 0. The lowest BCUT2D eigenvalue weighted by atomic mass is 9.94. The van der Waals surface area contributed by atoms with Crippen molar-refractivity contribution in [3.8, 4) is 0 Å². The first-order valence-electron chi connectivity index (χ1n) is 14.8. The second-order valence-electron chi connectivity index (χ2n) is 11.7. The van der Waals surface area contributed by atoms with Gasteiger partial charge in [-0.1, -0.05) is 110 Å². The van der Waals surface area contributed by atoms with Gasteiger partial charge in [0, 0.05) is 0 Å². The molecule has 0 aliphatic rings. The normalized spacial score (nSPS) is 13.4. The van der Waals surface area contributed by atoms with E-state index in [-0.39, 0.29) is 11.4 Å². The van der Waals surface area contributed by atoms with Gasteiger partial charge in [0.1, 0.15) is 0 Å². The van der Waals surface area contributed by atoms with Crippen molar-refractivity contribution in [3.63, 3.8) is 0 Å². The van der Waals surface area contributed by atoms with Crippen LogP contribution in [0, 0.1) is 0 Å². The molecule has 0 heterocycles. The van der Waals surface area contributed by atoms with Crippen LogP contribution in [-0.4, -0.2) is 0 Å². The largest absolute Gasteiger partial charge is 0.416 e. The minimum Gasteiger partial charge on any atom is -0.166 e. The molecule has 0 N–H and O–H groups in total. The SMILES string of the molecule is C=Cc1ccc2c(P(c3cc(C(F)(F)F)cc(C(F)(F)F)c3)c3ccc4ccc5cccc6ccc3c4c56)ccc3ccc(=C)c1c32. The molecule has 0 spiro atoms. The van der Waals surface area contributed by atoms with E-state index in [1.54, 1.807) is 6.08 Å². The van der Waals surface area contributed by atoms with Crippen LogP contribution in [0.3, 0.4) is 0 Å². The third-order valence-electron chi connectivity index (χ3n) is 9.05. The van der Waals surface area contributed by atoms with E-state index in [0.717, 1.165) is 76.8 Å². The third-order valence-corrected chi connectivity index (χ3v) is 11.6. The summed E-state index contributed by atoms with van der Waals surface area (Å²) in [7, 11) is -1.96. The van der Waals surface area contributed by atoms with Crippen molar-refractivity contribution in [1.82, 2.24) is 0 Å². The number of hydrogen-bond donors (Lipinski definition) is 0. The van der Waals surface area contributed by atoms with Crippen LogP contribution in [0.25, 0.3) is 66.5 Å². The van der Waals surface area contributed by atoms with Crippen molar-refractivity contribution in [2.45, 2.75) is 12.4 Å². The maximum Gasteiger partial charge on any atom is 0.416 e.